The van der Waals surface area contributed by atoms with Crippen LogP contribution in [0.5, 0.6) is 0 Å². The summed E-state index contributed by atoms with van der Waals surface area (Å²) in [5.74, 6) is -0.0838. The lowest BCUT2D eigenvalue weighted by Crippen LogP contribution is -2.27. The van der Waals surface area contributed by atoms with Crippen LogP contribution in [0.1, 0.15) is 18.1 Å². The second kappa shape index (κ2) is 4.91. The molecule has 0 radical (unpaired) electrons. The number of amides is 1. The van der Waals surface area contributed by atoms with E-state index in [1.165, 1.54) is 6.92 Å². The molecule has 0 aliphatic heterocycles. The molecule has 14 heavy (non-hydrogen) atoms. The molecule has 0 aliphatic carbocycles. The van der Waals surface area contributed by atoms with Crippen LogP contribution in [0, 0.1) is 5.41 Å². The van der Waals surface area contributed by atoms with E-state index in [2.05, 4.69) is 21.2 Å². The maximum absolute atomic E-state index is 10.7. The van der Waals surface area contributed by atoms with Crippen LogP contribution < -0.4 is 5.32 Å². The Morgan fingerprint density at radius 2 is 2.29 bits per heavy atom. The molecule has 74 valence electrons. The molecule has 0 heterocycles. The number of halogens is 1. The molecule has 3 nitrogen and oxygen atoms in total. The van der Waals surface area contributed by atoms with E-state index in [1.807, 2.05) is 18.2 Å². The molecule has 0 saturated heterocycles. The number of nitrogens with one attached hydrogen (secondary N) is 2. The first-order chi connectivity index (χ1) is 6.63. The smallest absolute Gasteiger partial charge is 0.222 e. The Balaban J connectivity index is 2.84. The van der Waals surface area contributed by atoms with Gasteiger partial charge in [-0.1, -0.05) is 34.1 Å². The summed E-state index contributed by atoms with van der Waals surface area (Å²) in [6, 6.07) is 7.49. The van der Waals surface area contributed by atoms with E-state index in [9.17, 15) is 4.79 Å². The maximum Gasteiger partial charge on any atom is 0.222 e. The van der Waals surface area contributed by atoms with Crippen LogP contribution in [0.4, 0.5) is 0 Å². The molecule has 4 heteroatoms. The van der Waals surface area contributed by atoms with Gasteiger partial charge in [0.05, 0.1) is 0 Å². The summed E-state index contributed by atoms with van der Waals surface area (Å²) in [4.78, 5) is 10.7. The highest BCUT2D eigenvalue weighted by Gasteiger charge is 2.02. The van der Waals surface area contributed by atoms with Crippen LogP contribution in [0.3, 0.4) is 0 Å². The van der Waals surface area contributed by atoms with Gasteiger partial charge in [-0.15, -0.1) is 0 Å². The molecule has 1 amide bonds. The average molecular weight is 255 g/mol. The van der Waals surface area contributed by atoms with Crippen molar-refractivity contribution >= 4 is 27.7 Å². The Morgan fingerprint density at radius 3 is 2.86 bits per heavy atom. The van der Waals surface area contributed by atoms with Crippen molar-refractivity contribution in [1.29, 1.82) is 5.41 Å². The Hall–Kier alpha value is -1.16. The monoisotopic (exact) mass is 254 g/mol. The molecule has 0 spiro atoms. The zero-order valence-corrected chi connectivity index (χ0v) is 9.39. The van der Waals surface area contributed by atoms with E-state index in [-0.39, 0.29) is 11.7 Å². The second-order valence-electron chi connectivity index (χ2n) is 2.89. The van der Waals surface area contributed by atoms with Crippen molar-refractivity contribution in [3.8, 4) is 0 Å². The Kier molecular flexibility index (Phi) is 3.83. The molecule has 0 aliphatic rings. The first-order valence-electron chi connectivity index (χ1n) is 4.15. The maximum atomic E-state index is 10.7. The molecule has 1 rings (SSSR count). The summed E-state index contributed by atoms with van der Waals surface area (Å²) in [6.45, 7) is 1.39. The number of hydrogen-bond acceptors (Lipinski definition) is 2. The van der Waals surface area contributed by atoms with E-state index in [0.717, 1.165) is 16.5 Å². The van der Waals surface area contributed by atoms with Gasteiger partial charge in [-0.2, -0.15) is 0 Å². The van der Waals surface area contributed by atoms with Crippen LogP contribution >= 0.6 is 15.9 Å². The Bertz CT molecular complexity index is 363. The van der Waals surface area contributed by atoms with Gasteiger partial charge in [-0.25, -0.2) is 0 Å². The fourth-order valence-corrected chi connectivity index (χ4v) is 1.41. The van der Waals surface area contributed by atoms with Crippen molar-refractivity contribution in [3.05, 3.63) is 35.4 Å². The largest absolute Gasteiger partial charge is 0.311 e. The van der Waals surface area contributed by atoms with Crippen LogP contribution in [0.2, 0.25) is 0 Å². The SMILES string of the molecule is CC(=O)NC(=N)c1cccc(CBr)c1. The number of rotatable bonds is 2. The Morgan fingerprint density at radius 1 is 1.57 bits per heavy atom. The number of benzene rings is 1. The average Bonchev–Trinajstić information content (AvgIpc) is 2.17. The van der Waals surface area contributed by atoms with Crippen molar-refractivity contribution in [2.45, 2.75) is 12.3 Å². The molecule has 1 aromatic carbocycles. The third-order valence-electron chi connectivity index (χ3n) is 1.67. The van der Waals surface area contributed by atoms with Gasteiger partial charge >= 0.3 is 0 Å². The zero-order chi connectivity index (χ0) is 10.6. The van der Waals surface area contributed by atoms with Crippen molar-refractivity contribution in [2.24, 2.45) is 0 Å². The van der Waals surface area contributed by atoms with E-state index < -0.39 is 0 Å². The van der Waals surface area contributed by atoms with E-state index in [4.69, 9.17) is 5.41 Å². The van der Waals surface area contributed by atoms with Gasteiger partial charge in [0.2, 0.25) is 5.91 Å². The number of carbonyl (C=O) groups is 1. The summed E-state index contributed by atoms with van der Waals surface area (Å²) in [5, 5.41) is 10.8. The predicted octanol–water partition coefficient (Wildman–Crippen LogP) is 2.04. The van der Waals surface area contributed by atoms with Crippen LogP contribution in [-0.4, -0.2) is 11.7 Å². The van der Waals surface area contributed by atoms with Crippen molar-refractivity contribution in [2.75, 3.05) is 0 Å². The van der Waals surface area contributed by atoms with Crippen molar-refractivity contribution in [1.82, 2.24) is 5.32 Å². The lowest BCUT2D eigenvalue weighted by molar-refractivity contribution is -0.117. The molecular weight excluding hydrogens is 244 g/mol. The number of hydrogen-bond donors (Lipinski definition) is 2. The summed E-state index contributed by atoms with van der Waals surface area (Å²) in [5.41, 5.74) is 1.80. The topological polar surface area (TPSA) is 53.0 Å². The molecule has 0 unspecified atom stereocenters. The van der Waals surface area contributed by atoms with Gasteiger partial charge in [0.1, 0.15) is 5.84 Å². The number of alkyl halides is 1. The number of amidine groups is 1. The van der Waals surface area contributed by atoms with Gasteiger partial charge in [-0.3, -0.25) is 10.2 Å². The summed E-state index contributed by atoms with van der Waals surface area (Å²) >= 11 is 3.33. The lowest BCUT2D eigenvalue weighted by Gasteiger charge is -2.05. The molecule has 2 N–H and O–H groups in total. The standard InChI is InChI=1S/C10H11BrN2O/c1-7(14)13-10(12)9-4-2-3-8(5-9)6-11/h2-5H,6H2,1H3,(H2,12,13,14). The van der Waals surface area contributed by atoms with Gasteiger partial charge in [0.25, 0.3) is 0 Å². The summed E-state index contributed by atoms with van der Waals surface area (Å²) in [6.07, 6.45) is 0. The molecule has 0 saturated carbocycles. The predicted molar refractivity (Wildman–Crippen MR) is 59.7 cm³/mol. The van der Waals surface area contributed by atoms with Gasteiger partial charge in [-0.05, 0) is 11.6 Å². The zero-order valence-electron chi connectivity index (χ0n) is 7.80. The van der Waals surface area contributed by atoms with Crippen LogP contribution in [0.25, 0.3) is 0 Å². The molecular formula is C10H11BrN2O. The minimum atomic E-state index is -0.223. The minimum Gasteiger partial charge on any atom is -0.311 e. The molecule has 1 aromatic rings. The second-order valence-corrected chi connectivity index (χ2v) is 3.45. The number of carbonyl (C=O) groups excluding carboxylic acids is 1. The normalized spacial score (nSPS) is 9.57. The van der Waals surface area contributed by atoms with E-state index in [0.29, 0.717) is 0 Å². The fourth-order valence-electron chi connectivity index (χ4n) is 1.06. The first kappa shape index (κ1) is 10.9. The Labute approximate surface area is 91.2 Å². The van der Waals surface area contributed by atoms with Crippen LogP contribution in [0.15, 0.2) is 24.3 Å². The van der Waals surface area contributed by atoms with Crippen molar-refractivity contribution < 1.29 is 4.79 Å². The van der Waals surface area contributed by atoms with Gasteiger partial charge in [0, 0.05) is 17.8 Å². The highest BCUT2D eigenvalue weighted by molar-refractivity contribution is 9.08. The minimum absolute atomic E-state index is 0.139. The van der Waals surface area contributed by atoms with Crippen LogP contribution in [-0.2, 0) is 10.1 Å². The molecule has 0 atom stereocenters. The quantitative estimate of drug-likeness (QED) is 0.474. The third kappa shape index (κ3) is 2.96. The van der Waals surface area contributed by atoms with E-state index >= 15 is 0 Å². The molecule has 0 bridgehead atoms. The third-order valence-corrected chi connectivity index (χ3v) is 2.32. The van der Waals surface area contributed by atoms with Crippen molar-refractivity contribution in [3.63, 3.8) is 0 Å². The van der Waals surface area contributed by atoms with Gasteiger partial charge < -0.3 is 5.32 Å². The lowest BCUT2D eigenvalue weighted by atomic mass is 10.1. The first-order valence-corrected chi connectivity index (χ1v) is 5.27. The molecule has 0 aromatic heterocycles. The molecule has 0 fully saturated rings. The summed E-state index contributed by atoms with van der Waals surface area (Å²) in [7, 11) is 0. The summed E-state index contributed by atoms with van der Waals surface area (Å²) < 4.78 is 0. The highest BCUT2D eigenvalue weighted by atomic mass is 79.9. The highest BCUT2D eigenvalue weighted by Crippen LogP contribution is 2.08. The van der Waals surface area contributed by atoms with Gasteiger partial charge in [0.15, 0.2) is 0 Å². The fraction of sp³-hybridized carbons (Fsp3) is 0.200. The van der Waals surface area contributed by atoms with E-state index in [1.54, 1.807) is 6.07 Å².